The lowest BCUT2D eigenvalue weighted by Gasteiger charge is -2.35. The Morgan fingerprint density at radius 2 is 2.20 bits per heavy atom. The molecule has 1 saturated heterocycles. The molecule has 1 N–H and O–H groups in total. The molecular weight excluding hydrogens is 252 g/mol. The van der Waals surface area contributed by atoms with Gasteiger partial charge in [-0.2, -0.15) is 0 Å². The second-order valence-corrected chi connectivity index (χ2v) is 5.92. The molecule has 1 aromatic heterocycles. The molecule has 5 heteroatoms. The molecule has 1 amide bonds. The van der Waals surface area contributed by atoms with E-state index in [1.165, 1.54) is 6.42 Å². The largest absolute Gasteiger partial charge is 0.351 e. The third-order valence-corrected chi connectivity index (χ3v) is 4.31. The molecule has 2 heterocycles. The third kappa shape index (κ3) is 2.92. The fraction of sp³-hybridized carbons (Fsp3) is 0.667. The molecule has 108 valence electrons. The van der Waals surface area contributed by atoms with Gasteiger partial charge in [-0.15, -0.1) is 0 Å². The monoisotopic (exact) mass is 274 g/mol. The molecule has 1 aromatic rings. The van der Waals surface area contributed by atoms with Crippen LogP contribution in [0.5, 0.6) is 0 Å². The van der Waals surface area contributed by atoms with Crippen molar-refractivity contribution in [2.24, 2.45) is 5.92 Å². The van der Waals surface area contributed by atoms with Crippen LogP contribution in [0.1, 0.15) is 37.8 Å². The third-order valence-electron chi connectivity index (χ3n) is 4.31. The molecule has 1 aliphatic carbocycles. The molecule has 5 nitrogen and oxygen atoms in total. The summed E-state index contributed by atoms with van der Waals surface area (Å²) in [5, 5.41) is 3.20. The van der Waals surface area contributed by atoms with E-state index < -0.39 is 0 Å². The van der Waals surface area contributed by atoms with Gasteiger partial charge in [-0.3, -0.25) is 4.79 Å². The zero-order valence-electron chi connectivity index (χ0n) is 12.0. The van der Waals surface area contributed by atoms with E-state index in [0.29, 0.717) is 0 Å². The first-order chi connectivity index (χ1) is 9.72. The van der Waals surface area contributed by atoms with Crippen molar-refractivity contribution >= 4 is 11.9 Å². The highest BCUT2D eigenvalue weighted by Crippen LogP contribution is 2.27. The molecular formula is C15H22N4O. The van der Waals surface area contributed by atoms with Crippen molar-refractivity contribution in [2.45, 2.75) is 45.1 Å². The lowest BCUT2D eigenvalue weighted by atomic mass is 9.84. The van der Waals surface area contributed by atoms with Gasteiger partial charge in [-0.25, -0.2) is 9.97 Å². The van der Waals surface area contributed by atoms with Gasteiger partial charge in [-0.1, -0.05) is 6.42 Å². The molecule has 3 rings (SSSR count). The van der Waals surface area contributed by atoms with Crippen LogP contribution in [0.2, 0.25) is 0 Å². The van der Waals surface area contributed by atoms with E-state index in [2.05, 4.69) is 20.2 Å². The molecule has 1 aliphatic heterocycles. The summed E-state index contributed by atoms with van der Waals surface area (Å²) in [6.07, 6.45) is 7.25. The quantitative estimate of drug-likeness (QED) is 0.911. The first-order valence-electron chi connectivity index (χ1n) is 7.57. The van der Waals surface area contributed by atoms with E-state index in [9.17, 15) is 4.79 Å². The van der Waals surface area contributed by atoms with Crippen LogP contribution < -0.4 is 10.2 Å². The number of hydrogen-bond donors (Lipinski definition) is 1. The molecule has 20 heavy (non-hydrogen) atoms. The van der Waals surface area contributed by atoms with Crippen LogP contribution in [0, 0.1) is 12.8 Å². The van der Waals surface area contributed by atoms with Crippen LogP contribution in [0.4, 0.5) is 5.95 Å². The Kier molecular flexibility index (Phi) is 3.85. The number of amides is 1. The van der Waals surface area contributed by atoms with Crippen LogP contribution in [0.15, 0.2) is 12.3 Å². The van der Waals surface area contributed by atoms with Gasteiger partial charge in [-0.05, 0) is 38.7 Å². The minimum atomic E-state index is 0.237. The number of nitrogens with zero attached hydrogens (tertiary/aromatic N) is 3. The molecule has 0 aromatic carbocycles. The maximum atomic E-state index is 12.0. The van der Waals surface area contributed by atoms with Crippen molar-refractivity contribution in [2.75, 3.05) is 18.0 Å². The van der Waals surface area contributed by atoms with Crippen molar-refractivity contribution in [1.29, 1.82) is 0 Å². The summed E-state index contributed by atoms with van der Waals surface area (Å²) in [6.45, 7) is 3.77. The molecule has 1 atom stereocenters. The van der Waals surface area contributed by atoms with Crippen molar-refractivity contribution in [1.82, 2.24) is 15.3 Å². The van der Waals surface area contributed by atoms with Gasteiger partial charge in [0.2, 0.25) is 11.9 Å². The van der Waals surface area contributed by atoms with Crippen molar-refractivity contribution < 1.29 is 4.79 Å². The average molecular weight is 274 g/mol. The van der Waals surface area contributed by atoms with Crippen molar-refractivity contribution in [3.63, 3.8) is 0 Å². The first-order valence-corrected chi connectivity index (χ1v) is 7.57. The first kappa shape index (κ1) is 13.3. The molecule has 2 aliphatic rings. The summed E-state index contributed by atoms with van der Waals surface area (Å²) in [4.78, 5) is 23.0. The van der Waals surface area contributed by atoms with Crippen molar-refractivity contribution in [3.8, 4) is 0 Å². The summed E-state index contributed by atoms with van der Waals surface area (Å²) in [7, 11) is 0. The van der Waals surface area contributed by atoms with E-state index >= 15 is 0 Å². The van der Waals surface area contributed by atoms with E-state index in [4.69, 9.17) is 0 Å². The standard InChI is InChI=1S/C15H22N4O/c1-11-7-8-16-15(17-11)19-9-3-6-13(10-19)18-14(20)12-4-2-5-12/h7-8,12-13H,2-6,9-10H2,1H3,(H,18,20). The number of nitrogens with one attached hydrogen (secondary N) is 1. The molecule has 0 radical (unpaired) electrons. The van der Waals surface area contributed by atoms with Gasteiger partial charge in [0.15, 0.2) is 0 Å². The number of rotatable bonds is 3. The van der Waals surface area contributed by atoms with E-state index in [-0.39, 0.29) is 17.9 Å². The molecule has 2 fully saturated rings. The fourth-order valence-corrected chi connectivity index (χ4v) is 2.85. The topological polar surface area (TPSA) is 58.1 Å². The van der Waals surface area contributed by atoms with Gasteiger partial charge in [0, 0.05) is 36.9 Å². The highest BCUT2D eigenvalue weighted by Gasteiger charge is 2.29. The minimum Gasteiger partial charge on any atom is -0.351 e. The van der Waals surface area contributed by atoms with Crippen molar-refractivity contribution in [3.05, 3.63) is 18.0 Å². The highest BCUT2D eigenvalue weighted by atomic mass is 16.2. The molecule has 0 spiro atoms. The number of carbonyl (C=O) groups excluding carboxylic acids is 1. The number of hydrogen-bond acceptors (Lipinski definition) is 4. The van der Waals surface area contributed by atoms with Crippen LogP contribution >= 0.6 is 0 Å². The van der Waals surface area contributed by atoms with Crippen LogP contribution in [0.3, 0.4) is 0 Å². The minimum absolute atomic E-state index is 0.237. The number of aromatic nitrogens is 2. The van der Waals surface area contributed by atoms with Crippen LogP contribution in [-0.2, 0) is 4.79 Å². The summed E-state index contributed by atoms with van der Waals surface area (Å²) in [5.41, 5.74) is 0.982. The maximum Gasteiger partial charge on any atom is 0.225 e. The zero-order chi connectivity index (χ0) is 13.9. The molecule has 1 saturated carbocycles. The van der Waals surface area contributed by atoms with Gasteiger partial charge in [0.25, 0.3) is 0 Å². The second-order valence-electron chi connectivity index (χ2n) is 5.92. The Hall–Kier alpha value is -1.65. The van der Waals surface area contributed by atoms with Crippen LogP contribution in [-0.4, -0.2) is 35.0 Å². The maximum absolute atomic E-state index is 12.0. The molecule has 1 unspecified atom stereocenters. The SMILES string of the molecule is Cc1ccnc(N2CCCC(NC(=O)C3CCC3)C2)n1. The Balaban J connectivity index is 1.60. The lowest BCUT2D eigenvalue weighted by Crippen LogP contribution is -2.50. The van der Waals surface area contributed by atoms with E-state index in [1.807, 2.05) is 13.0 Å². The smallest absolute Gasteiger partial charge is 0.225 e. The Bertz CT molecular complexity index is 487. The number of anilines is 1. The Labute approximate surface area is 119 Å². The van der Waals surface area contributed by atoms with Gasteiger partial charge < -0.3 is 10.2 Å². The summed E-state index contributed by atoms with van der Waals surface area (Å²) >= 11 is 0. The van der Waals surface area contributed by atoms with Crippen LogP contribution in [0.25, 0.3) is 0 Å². The average Bonchev–Trinajstić information content (AvgIpc) is 2.37. The second kappa shape index (κ2) is 5.77. The van der Waals surface area contributed by atoms with E-state index in [1.54, 1.807) is 6.20 Å². The zero-order valence-corrected chi connectivity index (χ0v) is 12.0. The summed E-state index contributed by atoms with van der Waals surface area (Å²) in [6, 6.07) is 2.14. The number of carbonyl (C=O) groups is 1. The number of aryl methyl sites for hydroxylation is 1. The summed E-state index contributed by atoms with van der Waals surface area (Å²) in [5.74, 6) is 1.29. The van der Waals surface area contributed by atoms with Gasteiger partial charge >= 0.3 is 0 Å². The highest BCUT2D eigenvalue weighted by molar-refractivity contribution is 5.79. The molecule has 0 bridgehead atoms. The summed E-state index contributed by atoms with van der Waals surface area (Å²) < 4.78 is 0. The van der Waals surface area contributed by atoms with Gasteiger partial charge in [0.1, 0.15) is 0 Å². The lowest BCUT2D eigenvalue weighted by molar-refractivity contribution is -0.128. The fourth-order valence-electron chi connectivity index (χ4n) is 2.85. The van der Waals surface area contributed by atoms with Gasteiger partial charge in [0.05, 0.1) is 0 Å². The predicted molar refractivity (Wildman–Crippen MR) is 77.5 cm³/mol. The normalized spacial score (nSPS) is 23.2. The Morgan fingerprint density at radius 1 is 1.35 bits per heavy atom. The predicted octanol–water partition coefficient (Wildman–Crippen LogP) is 1.67. The Morgan fingerprint density at radius 3 is 2.90 bits per heavy atom. The van der Waals surface area contributed by atoms with E-state index in [0.717, 1.165) is 50.4 Å². The number of piperidine rings is 1.